The fourth-order valence-electron chi connectivity index (χ4n) is 3.22. The van der Waals surface area contributed by atoms with Crippen LogP contribution in [-0.2, 0) is 20.8 Å². The summed E-state index contributed by atoms with van der Waals surface area (Å²) in [5.41, 5.74) is 1.10. The van der Waals surface area contributed by atoms with Gasteiger partial charge in [0.25, 0.3) is 5.56 Å². The van der Waals surface area contributed by atoms with Gasteiger partial charge in [0.1, 0.15) is 0 Å². The van der Waals surface area contributed by atoms with E-state index in [1.54, 1.807) is 54.0 Å². The number of nitrogens with zero attached hydrogens (tertiary/aromatic N) is 2. The summed E-state index contributed by atoms with van der Waals surface area (Å²) in [5.74, 6) is -0.798. The summed E-state index contributed by atoms with van der Waals surface area (Å²) in [6.45, 7) is 5.46. The van der Waals surface area contributed by atoms with E-state index in [-0.39, 0.29) is 29.4 Å². The van der Waals surface area contributed by atoms with Crippen molar-refractivity contribution in [2.45, 2.75) is 32.0 Å². The third-order valence-corrected chi connectivity index (χ3v) is 5.71. The summed E-state index contributed by atoms with van der Waals surface area (Å²) in [5, 5.41) is 3.75. The summed E-state index contributed by atoms with van der Waals surface area (Å²) in [6.07, 6.45) is 0.653. The minimum Gasteiger partial charge on any atom is -0.462 e. The standard InChI is InChI=1S/C24H27N3O5S/c1-3-31-15-9-14-27-22(29)17-10-5-7-12-19(17)26-24(27)33-16-21(28)25-20-13-8-6-11-18(20)23(30)32-4-2/h5-8,10-13H,3-4,9,14-16H2,1-2H3,(H,25,28). The molecule has 1 amide bonds. The highest BCUT2D eigenvalue weighted by Crippen LogP contribution is 2.20. The second kappa shape index (κ2) is 12.2. The van der Waals surface area contributed by atoms with Gasteiger partial charge in [0.05, 0.1) is 34.5 Å². The maximum Gasteiger partial charge on any atom is 0.340 e. The minimum atomic E-state index is -0.500. The number of carbonyl (C=O) groups is 2. The van der Waals surface area contributed by atoms with Crippen LogP contribution in [0.3, 0.4) is 0 Å². The van der Waals surface area contributed by atoms with Crippen molar-refractivity contribution >= 4 is 40.2 Å². The average molecular weight is 470 g/mol. The van der Waals surface area contributed by atoms with Gasteiger partial charge in [0.15, 0.2) is 5.16 Å². The molecule has 0 atom stereocenters. The Morgan fingerprint density at radius 2 is 1.82 bits per heavy atom. The predicted octanol–water partition coefficient (Wildman–Crippen LogP) is 3.73. The van der Waals surface area contributed by atoms with Gasteiger partial charge in [-0.1, -0.05) is 36.0 Å². The molecule has 2 aromatic carbocycles. The van der Waals surface area contributed by atoms with Gasteiger partial charge in [-0.25, -0.2) is 9.78 Å². The second-order valence-electron chi connectivity index (χ2n) is 7.02. The molecule has 174 valence electrons. The maximum absolute atomic E-state index is 13.0. The zero-order chi connectivity index (χ0) is 23.6. The molecule has 0 aliphatic heterocycles. The summed E-state index contributed by atoms with van der Waals surface area (Å²) in [4.78, 5) is 42.5. The summed E-state index contributed by atoms with van der Waals surface area (Å²) in [6, 6.07) is 13.8. The third-order valence-electron chi connectivity index (χ3n) is 4.73. The van der Waals surface area contributed by atoms with Crippen molar-refractivity contribution < 1.29 is 19.1 Å². The molecule has 1 aromatic heterocycles. The number of carbonyl (C=O) groups excluding carboxylic acids is 2. The molecule has 3 rings (SSSR count). The molecular formula is C24H27N3O5S. The molecule has 0 fully saturated rings. The van der Waals surface area contributed by atoms with Crippen LogP contribution < -0.4 is 10.9 Å². The number of thioether (sulfide) groups is 1. The van der Waals surface area contributed by atoms with Gasteiger partial charge in [-0.3, -0.25) is 14.2 Å². The number of rotatable bonds is 11. The highest BCUT2D eigenvalue weighted by molar-refractivity contribution is 7.99. The lowest BCUT2D eigenvalue weighted by Crippen LogP contribution is -2.25. The van der Waals surface area contributed by atoms with E-state index in [0.29, 0.717) is 47.9 Å². The van der Waals surface area contributed by atoms with Crippen molar-refractivity contribution in [2.75, 3.05) is 30.9 Å². The molecule has 1 N–H and O–H groups in total. The number of hydrogen-bond acceptors (Lipinski definition) is 7. The monoisotopic (exact) mass is 469 g/mol. The van der Waals surface area contributed by atoms with Crippen LogP contribution >= 0.6 is 11.8 Å². The van der Waals surface area contributed by atoms with Crippen molar-refractivity contribution in [3.8, 4) is 0 Å². The van der Waals surface area contributed by atoms with Gasteiger partial charge in [0, 0.05) is 19.8 Å². The quantitative estimate of drug-likeness (QED) is 0.198. The number of aromatic nitrogens is 2. The Bertz CT molecular complexity index is 1180. The molecule has 0 saturated heterocycles. The van der Waals surface area contributed by atoms with Crippen LogP contribution in [0.15, 0.2) is 58.5 Å². The molecule has 9 heteroatoms. The topological polar surface area (TPSA) is 99.5 Å². The lowest BCUT2D eigenvalue weighted by atomic mass is 10.2. The zero-order valence-electron chi connectivity index (χ0n) is 18.7. The number of fused-ring (bicyclic) bond motifs is 1. The lowest BCUT2D eigenvalue weighted by Gasteiger charge is -2.14. The van der Waals surface area contributed by atoms with E-state index in [0.717, 1.165) is 0 Å². The van der Waals surface area contributed by atoms with Crippen LogP contribution in [0, 0.1) is 0 Å². The van der Waals surface area contributed by atoms with Crippen LogP contribution in [0.1, 0.15) is 30.6 Å². The first kappa shape index (κ1) is 24.5. The Hall–Kier alpha value is -3.17. The number of amides is 1. The van der Waals surface area contributed by atoms with Crippen molar-refractivity contribution in [2.24, 2.45) is 0 Å². The Kier molecular flexibility index (Phi) is 9.03. The van der Waals surface area contributed by atoms with Crippen LogP contribution in [0.2, 0.25) is 0 Å². The summed E-state index contributed by atoms with van der Waals surface area (Å²) in [7, 11) is 0. The summed E-state index contributed by atoms with van der Waals surface area (Å²) < 4.78 is 12.0. The number of hydrogen-bond donors (Lipinski definition) is 1. The Balaban J connectivity index is 1.77. The Morgan fingerprint density at radius 1 is 1.06 bits per heavy atom. The van der Waals surface area contributed by atoms with E-state index < -0.39 is 5.97 Å². The molecule has 0 unspecified atom stereocenters. The molecule has 1 heterocycles. The van der Waals surface area contributed by atoms with Gasteiger partial charge in [0.2, 0.25) is 5.91 Å². The van der Waals surface area contributed by atoms with Gasteiger partial charge in [-0.05, 0) is 44.5 Å². The first-order chi connectivity index (χ1) is 16.0. The van der Waals surface area contributed by atoms with Gasteiger partial charge < -0.3 is 14.8 Å². The number of ether oxygens (including phenoxy) is 2. The zero-order valence-corrected chi connectivity index (χ0v) is 19.5. The number of anilines is 1. The average Bonchev–Trinajstić information content (AvgIpc) is 2.82. The fourth-order valence-corrected chi connectivity index (χ4v) is 4.04. The Labute approximate surface area is 196 Å². The SMILES string of the molecule is CCOCCCn1c(SCC(=O)Nc2ccccc2C(=O)OCC)nc2ccccc2c1=O. The first-order valence-electron chi connectivity index (χ1n) is 10.8. The van der Waals surface area contributed by atoms with Gasteiger partial charge in [-0.2, -0.15) is 0 Å². The van der Waals surface area contributed by atoms with E-state index in [1.165, 1.54) is 11.8 Å². The molecular weight excluding hydrogens is 442 g/mol. The van der Waals surface area contributed by atoms with E-state index in [2.05, 4.69) is 10.3 Å². The minimum absolute atomic E-state index is 0.0212. The van der Waals surface area contributed by atoms with Crippen LogP contribution in [0.25, 0.3) is 10.9 Å². The van der Waals surface area contributed by atoms with Crippen molar-refractivity contribution in [3.05, 3.63) is 64.4 Å². The molecule has 0 aliphatic carbocycles. The van der Waals surface area contributed by atoms with E-state index in [4.69, 9.17) is 9.47 Å². The number of nitrogens with one attached hydrogen (secondary N) is 1. The number of esters is 1. The first-order valence-corrected chi connectivity index (χ1v) is 11.8. The largest absolute Gasteiger partial charge is 0.462 e. The molecule has 0 bridgehead atoms. The highest BCUT2D eigenvalue weighted by Gasteiger charge is 2.16. The molecule has 0 saturated carbocycles. The molecule has 8 nitrogen and oxygen atoms in total. The second-order valence-corrected chi connectivity index (χ2v) is 7.96. The molecule has 0 spiro atoms. The van der Waals surface area contributed by atoms with Crippen LogP contribution in [0.4, 0.5) is 5.69 Å². The van der Waals surface area contributed by atoms with E-state index >= 15 is 0 Å². The predicted molar refractivity (Wildman–Crippen MR) is 129 cm³/mol. The van der Waals surface area contributed by atoms with Crippen LogP contribution in [-0.4, -0.2) is 47.0 Å². The van der Waals surface area contributed by atoms with Crippen molar-refractivity contribution in [1.29, 1.82) is 0 Å². The lowest BCUT2D eigenvalue weighted by molar-refractivity contribution is -0.113. The molecule has 0 aliphatic rings. The fraction of sp³-hybridized carbons (Fsp3) is 0.333. The normalized spacial score (nSPS) is 10.8. The van der Waals surface area contributed by atoms with Crippen LogP contribution in [0.5, 0.6) is 0 Å². The smallest absolute Gasteiger partial charge is 0.340 e. The van der Waals surface area contributed by atoms with Gasteiger partial charge >= 0.3 is 5.97 Å². The van der Waals surface area contributed by atoms with E-state index in [9.17, 15) is 14.4 Å². The highest BCUT2D eigenvalue weighted by atomic mass is 32.2. The third kappa shape index (κ3) is 6.43. The van der Waals surface area contributed by atoms with Crippen molar-refractivity contribution in [3.63, 3.8) is 0 Å². The molecule has 33 heavy (non-hydrogen) atoms. The number of benzene rings is 2. The van der Waals surface area contributed by atoms with Crippen molar-refractivity contribution in [1.82, 2.24) is 9.55 Å². The summed E-state index contributed by atoms with van der Waals surface area (Å²) >= 11 is 1.17. The maximum atomic E-state index is 13.0. The number of para-hydroxylation sites is 2. The molecule has 3 aromatic rings. The van der Waals surface area contributed by atoms with E-state index in [1.807, 2.05) is 13.0 Å². The van der Waals surface area contributed by atoms with Gasteiger partial charge in [-0.15, -0.1) is 0 Å². The Morgan fingerprint density at radius 3 is 2.61 bits per heavy atom. The molecule has 0 radical (unpaired) electrons.